The number of ether oxygens (including phenoxy) is 1. The summed E-state index contributed by atoms with van der Waals surface area (Å²) in [7, 11) is 2.04. The second kappa shape index (κ2) is 10.1. The minimum absolute atomic E-state index is 0.0106. The predicted molar refractivity (Wildman–Crippen MR) is 149 cm³/mol. The van der Waals surface area contributed by atoms with Crippen LogP contribution in [0.4, 0.5) is 23.4 Å². The normalized spacial score (nSPS) is 23.1. The van der Waals surface area contributed by atoms with Gasteiger partial charge in [-0.2, -0.15) is 23.1 Å². The maximum Gasteiger partial charge on any atom is 0.417 e. The van der Waals surface area contributed by atoms with Crippen molar-refractivity contribution in [3.05, 3.63) is 54.0 Å². The quantitative estimate of drug-likeness (QED) is 0.324. The Labute approximate surface area is 234 Å². The molecule has 7 nitrogen and oxygen atoms in total. The summed E-state index contributed by atoms with van der Waals surface area (Å²) in [6, 6.07) is 9.51. The van der Waals surface area contributed by atoms with Crippen molar-refractivity contribution in [2.45, 2.75) is 50.0 Å². The number of nitrogens with one attached hydrogen (secondary N) is 1. The molecule has 7 rings (SSSR count). The van der Waals surface area contributed by atoms with E-state index in [1.807, 2.05) is 7.05 Å². The number of pyridine rings is 1. The number of benzene rings is 2. The molecule has 2 unspecified atom stereocenters. The van der Waals surface area contributed by atoms with Gasteiger partial charge in [0.05, 0.1) is 11.3 Å². The number of alkyl halides is 3. The lowest BCUT2D eigenvalue weighted by Crippen LogP contribution is -2.51. The lowest BCUT2D eigenvalue weighted by molar-refractivity contribution is -0.136. The van der Waals surface area contributed by atoms with Crippen molar-refractivity contribution in [3.8, 4) is 17.3 Å². The van der Waals surface area contributed by atoms with Gasteiger partial charge in [-0.25, -0.2) is 4.39 Å². The fourth-order valence-electron chi connectivity index (χ4n) is 6.62. The van der Waals surface area contributed by atoms with Crippen LogP contribution in [0.3, 0.4) is 0 Å². The van der Waals surface area contributed by atoms with Gasteiger partial charge in [0.15, 0.2) is 5.82 Å². The first-order valence-corrected chi connectivity index (χ1v) is 14.1. The topological polar surface area (TPSA) is 66.4 Å². The van der Waals surface area contributed by atoms with Crippen LogP contribution in [0.15, 0.2) is 42.6 Å². The number of fused-ring (bicyclic) bond motifs is 4. The predicted octanol–water partition coefficient (Wildman–Crippen LogP) is 5.42. The van der Waals surface area contributed by atoms with Crippen LogP contribution in [0.2, 0.25) is 0 Å². The fraction of sp³-hybridized carbons (Fsp3) is 0.433. The van der Waals surface area contributed by atoms with Crippen LogP contribution in [-0.2, 0) is 6.18 Å². The minimum Gasteiger partial charge on any atom is -0.462 e. The van der Waals surface area contributed by atoms with Crippen LogP contribution in [0.25, 0.3) is 32.9 Å². The van der Waals surface area contributed by atoms with Gasteiger partial charge in [-0.15, -0.1) is 0 Å². The summed E-state index contributed by atoms with van der Waals surface area (Å²) in [5, 5.41) is 4.28. The summed E-state index contributed by atoms with van der Waals surface area (Å²) < 4.78 is 64.6. The second-order valence-electron chi connectivity index (χ2n) is 11.3. The van der Waals surface area contributed by atoms with E-state index in [9.17, 15) is 13.2 Å². The highest BCUT2D eigenvalue weighted by Gasteiger charge is 2.36. The van der Waals surface area contributed by atoms with Crippen molar-refractivity contribution in [2.24, 2.45) is 0 Å². The SMILES string of the molecule is CN1CCC[C@H]1COc1nc(N2CC3CCC(C2)N3)c2ccc(-c3nccc4cccc(C(F)(F)F)c34)c(F)c2n1. The Bertz CT molecular complexity index is 1610. The molecule has 0 radical (unpaired) electrons. The average Bonchev–Trinajstić information content (AvgIpc) is 3.53. The molecule has 3 aliphatic heterocycles. The number of nitrogens with zero attached hydrogens (tertiary/aromatic N) is 5. The van der Waals surface area contributed by atoms with E-state index < -0.39 is 17.6 Å². The molecular formula is C30H30F4N6O. The van der Waals surface area contributed by atoms with Crippen LogP contribution in [0.1, 0.15) is 31.2 Å². The van der Waals surface area contributed by atoms with Gasteiger partial charge in [-0.1, -0.05) is 12.1 Å². The van der Waals surface area contributed by atoms with E-state index in [1.165, 1.54) is 24.4 Å². The third-order valence-electron chi connectivity index (χ3n) is 8.71. The molecule has 11 heteroatoms. The van der Waals surface area contributed by atoms with Gasteiger partial charge in [-0.3, -0.25) is 4.98 Å². The molecule has 0 spiro atoms. The molecule has 0 aliphatic carbocycles. The van der Waals surface area contributed by atoms with Crippen molar-refractivity contribution in [2.75, 3.05) is 38.2 Å². The lowest BCUT2D eigenvalue weighted by Gasteiger charge is -2.34. The number of aromatic nitrogens is 3. The maximum atomic E-state index is 16.5. The fourth-order valence-corrected chi connectivity index (χ4v) is 6.62. The summed E-state index contributed by atoms with van der Waals surface area (Å²) in [4.78, 5) is 17.9. The molecule has 4 aromatic rings. The molecule has 0 saturated carbocycles. The smallest absolute Gasteiger partial charge is 0.417 e. The van der Waals surface area contributed by atoms with Crippen molar-refractivity contribution in [1.29, 1.82) is 0 Å². The Morgan fingerprint density at radius 3 is 2.56 bits per heavy atom. The van der Waals surface area contributed by atoms with E-state index in [4.69, 9.17) is 9.72 Å². The standard InChI is InChI=1S/C30H30F4N6O/c1-39-13-3-5-20(39)16-41-29-37-27-22(28(38-29)40-14-18-7-8-19(15-40)36-18)10-9-21(25(27)31)26-24-17(11-12-35-26)4-2-6-23(24)30(32,33)34/h2,4,6,9-12,18-20,36H,3,5,7-8,13-16H2,1H3/t18?,19?,20-/m0/s1. The zero-order valence-corrected chi connectivity index (χ0v) is 22.6. The van der Waals surface area contributed by atoms with Gasteiger partial charge in [-0.05, 0) is 68.9 Å². The zero-order valence-electron chi connectivity index (χ0n) is 22.6. The number of hydrogen-bond donors (Lipinski definition) is 1. The number of anilines is 1. The Morgan fingerprint density at radius 2 is 1.83 bits per heavy atom. The third-order valence-corrected chi connectivity index (χ3v) is 8.71. The zero-order chi connectivity index (χ0) is 28.3. The molecule has 0 amide bonds. The van der Waals surface area contributed by atoms with Crippen molar-refractivity contribution in [3.63, 3.8) is 0 Å². The van der Waals surface area contributed by atoms with Crippen molar-refractivity contribution < 1.29 is 22.3 Å². The molecule has 5 heterocycles. The van der Waals surface area contributed by atoms with E-state index in [1.54, 1.807) is 12.1 Å². The van der Waals surface area contributed by atoms with Crippen LogP contribution in [0, 0.1) is 5.82 Å². The third kappa shape index (κ3) is 4.74. The second-order valence-corrected chi connectivity index (χ2v) is 11.3. The number of piperazine rings is 1. The number of likely N-dealkylation sites (tertiary alicyclic amines) is 1. The molecule has 214 valence electrons. The molecule has 2 bridgehead atoms. The molecule has 2 aromatic heterocycles. The Morgan fingerprint density at radius 1 is 1.02 bits per heavy atom. The van der Waals surface area contributed by atoms with Crippen molar-refractivity contribution >= 4 is 27.5 Å². The summed E-state index contributed by atoms with van der Waals surface area (Å²) in [6.07, 6.45) is 0.966. The van der Waals surface area contributed by atoms with Crippen LogP contribution >= 0.6 is 0 Å². The summed E-state index contributed by atoms with van der Waals surface area (Å²) in [5.41, 5.74) is -0.977. The van der Waals surface area contributed by atoms with E-state index in [-0.39, 0.29) is 34.2 Å². The highest BCUT2D eigenvalue weighted by Crippen LogP contribution is 2.41. The molecule has 3 fully saturated rings. The monoisotopic (exact) mass is 566 g/mol. The molecule has 41 heavy (non-hydrogen) atoms. The van der Waals surface area contributed by atoms with Gasteiger partial charge in [0.1, 0.15) is 17.9 Å². The lowest BCUT2D eigenvalue weighted by atomic mass is 9.97. The molecule has 3 saturated heterocycles. The number of rotatable bonds is 5. The molecule has 3 atom stereocenters. The number of hydrogen-bond acceptors (Lipinski definition) is 7. The Hall–Kier alpha value is -3.57. The Balaban J connectivity index is 1.38. The van der Waals surface area contributed by atoms with E-state index in [2.05, 4.69) is 25.1 Å². The van der Waals surface area contributed by atoms with Crippen molar-refractivity contribution in [1.82, 2.24) is 25.2 Å². The summed E-state index contributed by atoms with van der Waals surface area (Å²) >= 11 is 0. The van der Waals surface area contributed by atoms with Crippen LogP contribution in [-0.4, -0.2) is 71.3 Å². The van der Waals surface area contributed by atoms with Gasteiger partial charge in [0, 0.05) is 53.7 Å². The molecule has 2 aromatic carbocycles. The van der Waals surface area contributed by atoms with Gasteiger partial charge in [0.2, 0.25) is 0 Å². The first-order chi connectivity index (χ1) is 19.8. The van der Waals surface area contributed by atoms with Gasteiger partial charge >= 0.3 is 12.2 Å². The largest absolute Gasteiger partial charge is 0.462 e. The van der Waals surface area contributed by atoms with E-state index in [0.29, 0.717) is 35.3 Å². The number of likely N-dealkylation sites (N-methyl/N-ethyl adjacent to an activating group) is 1. The number of halogens is 4. The molecule has 1 N–H and O–H groups in total. The average molecular weight is 567 g/mol. The first kappa shape index (κ1) is 26.3. The minimum atomic E-state index is -4.63. The molecular weight excluding hydrogens is 536 g/mol. The van der Waals surface area contributed by atoms with Gasteiger partial charge < -0.3 is 19.9 Å². The summed E-state index contributed by atoms with van der Waals surface area (Å²) in [6.45, 7) is 2.79. The van der Waals surface area contributed by atoms with Gasteiger partial charge in [0.25, 0.3) is 0 Å². The highest BCUT2D eigenvalue weighted by molar-refractivity contribution is 6.00. The Kier molecular flexibility index (Phi) is 6.46. The first-order valence-electron chi connectivity index (χ1n) is 14.1. The van der Waals surface area contributed by atoms with Crippen LogP contribution < -0.4 is 15.0 Å². The van der Waals surface area contributed by atoms with Crippen LogP contribution in [0.5, 0.6) is 6.01 Å². The molecule has 3 aliphatic rings. The maximum absolute atomic E-state index is 16.5. The van der Waals surface area contributed by atoms with E-state index >= 15 is 4.39 Å². The highest BCUT2D eigenvalue weighted by atomic mass is 19.4. The van der Waals surface area contributed by atoms with E-state index in [0.717, 1.165) is 51.4 Å². The summed E-state index contributed by atoms with van der Waals surface area (Å²) in [5.74, 6) is -0.167.